The smallest absolute Gasteiger partial charge is 0.240 e. The van der Waals surface area contributed by atoms with Crippen LogP contribution in [0.5, 0.6) is 11.6 Å². The van der Waals surface area contributed by atoms with E-state index < -0.39 is 0 Å². The van der Waals surface area contributed by atoms with E-state index in [4.69, 9.17) is 15.5 Å². The normalized spacial score (nSPS) is 16.9. The monoisotopic (exact) mass is 446 g/mol. The first-order valence-electron chi connectivity index (χ1n) is 10.8. The molecule has 0 spiro atoms. The summed E-state index contributed by atoms with van der Waals surface area (Å²) >= 11 is 1.56. The number of hydrogen-bond donors (Lipinski definition) is 2. The van der Waals surface area contributed by atoms with E-state index in [2.05, 4.69) is 27.2 Å². The van der Waals surface area contributed by atoms with Crippen LogP contribution < -0.4 is 15.8 Å². The second-order valence-electron chi connectivity index (χ2n) is 8.18. The molecule has 4 aromatic rings. The van der Waals surface area contributed by atoms with Crippen molar-refractivity contribution in [2.75, 3.05) is 31.2 Å². The number of nitrogens with zero attached hydrogens (tertiary/aromatic N) is 4. The highest BCUT2D eigenvalue weighted by Gasteiger charge is 2.20. The van der Waals surface area contributed by atoms with Crippen LogP contribution in [0, 0.1) is 6.92 Å². The third-order valence-corrected chi connectivity index (χ3v) is 6.65. The zero-order valence-corrected chi connectivity index (χ0v) is 19.0. The Bertz CT molecular complexity index is 1260. The molecule has 3 heterocycles. The second-order valence-corrected chi connectivity index (χ2v) is 9.38. The van der Waals surface area contributed by atoms with Gasteiger partial charge < -0.3 is 20.7 Å². The Morgan fingerprint density at radius 3 is 2.81 bits per heavy atom. The number of aryl methyl sites for hydroxylation is 1. The van der Waals surface area contributed by atoms with E-state index in [1.165, 1.54) is 6.42 Å². The number of nitrogens with two attached hydrogens (primary N) is 1. The van der Waals surface area contributed by atoms with Gasteiger partial charge in [0, 0.05) is 35.2 Å². The summed E-state index contributed by atoms with van der Waals surface area (Å²) in [7, 11) is 2.15. The van der Waals surface area contributed by atoms with E-state index in [9.17, 15) is 0 Å². The Kier molecular flexibility index (Phi) is 5.63. The predicted octanol–water partition coefficient (Wildman–Crippen LogP) is 4.94. The molecule has 0 bridgehead atoms. The molecule has 3 N–H and O–H groups in total. The lowest BCUT2D eigenvalue weighted by atomic mass is 10.1. The molecule has 1 saturated heterocycles. The van der Waals surface area contributed by atoms with Crippen molar-refractivity contribution in [2.24, 2.45) is 0 Å². The van der Waals surface area contributed by atoms with E-state index in [0.29, 0.717) is 17.9 Å². The van der Waals surface area contributed by atoms with E-state index in [0.717, 1.165) is 57.3 Å². The Balaban J connectivity index is 1.45. The number of ether oxygens (including phenoxy) is 1. The summed E-state index contributed by atoms with van der Waals surface area (Å²) in [5.74, 6) is 1.90. The van der Waals surface area contributed by atoms with Gasteiger partial charge in [-0.2, -0.15) is 0 Å². The van der Waals surface area contributed by atoms with Crippen LogP contribution in [0.3, 0.4) is 0 Å². The van der Waals surface area contributed by atoms with Gasteiger partial charge in [0.25, 0.3) is 0 Å². The van der Waals surface area contributed by atoms with Crippen molar-refractivity contribution in [3.8, 4) is 22.2 Å². The molecule has 2 aromatic heterocycles. The maximum atomic E-state index is 6.31. The standard InChI is InChI=1S/C24H26N6OS/c1-15-27-23(31-21-10-9-19(25)17-7-3-4-8-18(17)21)22(32-15)20-11-12-26-24(29-20)28-16-6-5-13-30(2)14-16/h3-4,7-12,16H,5-6,13-14,25H2,1-2H3,(H,26,28,29)/t16-/m0/s1. The maximum absolute atomic E-state index is 6.31. The van der Waals surface area contributed by atoms with Crippen molar-refractivity contribution in [2.45, 2.75) is 25.8 Å². The van der Waals surface area contributed by atoms with Gasteiger partial charge in [-0.3, -0.25) is 0 Å². The summed E-state index contributed by atoms with van der Waals surface area (Å²) in [6, 6.07) is 14.0. The first-order chi connectivity index (χ1) is 15.6. The number of rotatable bonds is 5. The van der Waals surface area contributed by atoms with Gasteiger partial charge in [0.05, 0.1) is 10.7 Å². The number of likely N-dealkylation sites (N-methyl/N-ethyl adjacent to an activating group) is 1. The zero-order chi connectivity index (χ0) is 22.1. The molecule has 0 amide bonds. The number of likely N-dealkylation sites (tertiary alicyclic amines) is 1. The van der Waals surface area contributed by atoms with E-state index in [1.54, 1.807) is 17.5 Å². The Morgan fingerprint density at radius 1 is 1.12 bits per heavy atom. The molecule has 0 unspecified atom stereocenters. The summed E-state index contributed by atoms with van der Waals surface area (Å²) in [4.78, 5) is 17.1. The largest absolute Gasteiger partial charge is 0.437 e. The Morgan fingerprint density at radius 2 is 1.97 bits per heavy atom. The van der Waals surface area contributed by atoms with Gasteiger partial charge in [-0.1, -0.05) is 24.3 Å². The minimum Gasteiger partial charge on any atom is -0.437 e. The lowest BCUT2D eigenvalue weighted by Crippen LogP contribution is -2.40. The number of piperidine rings is 1. The third-order valence-electron chi connectivity index (χ3n) is 5.67. The molecule has 7 nitrogen and oxygen atoms in total. The fraction of sp³-hybridized carbons (Fsp3) is 0.292. The maximum Gasteiger partial charge on any atom is 0.240 e. The minimum atomic E-state index is 0.351. The molecule has 32 heavy (non-hydrogen) atoms. The Labute approximate surface area is 191 Å². The van der Waals surface area contributed by atoms with Gasteiger partial charge in [-0.05, 0) is 51.6 Å². The first-order valence-corrected chi connectivity index (χ1v) is 11.6. The fourth-order valence-corrected chi connectivity index (χ4v) is 4.97. The third kappa shape index (κ3) is 4.24. The average Bonchev–Trinajstić information content (AvgIpc) is 3.16. The SMILES string of the molecule is Cc1nc(Oc2ccc(N)c3ccccc23)c(-c2ccnc(N[C@H]3CCCN(C)C3)n2)s1. The summed E-state index contributed by atoms with van der Waals surface area (Å²) in [5.41, 5.74) is 7.67. The second kappa shape index (κ2) is 8.72. The highest BCUT2D eigenvalue weighted by molar-refractivity contribution is 7.15. The summed E-state index contributed by atoms with van der Waals surface area (Å²) < 4.78 is 6.31. The number of nitrogens with one attached hydrogen (secondary N) is 1. The van der Waals surface area contributed by atoms with Crippen LogP contribution in [0.1, 0.15) is 17.8 Å². The summed E-state index contributed by atoms with van der Waals surface area (Å²) in [6.45, 7) is 4.10. The lowest BCUT2D eigenvalue weighted by Gasteiger charge is -2.30. The first kappa shape index (κ1) is 20.7. The fourth-order valence-electron chi connectivity index (χ4n) is 4.15. The zero-order valence-electron chi connectivity index (χ0n) is 18.2. The van der Waals surface area contributed by atoms with Crippen LogP contribution >= 0.6 is 11.3 Å². The molecular weight excluding hydrogens is 420 g/mol. The number of benzene rings is 2. The molecule has 1 aliphatic heterocycles. The number of fused-ring (bicyclic) bond motifs is 1. The van der Waals surface area contributed by atoms with Crippen molar-refractivity contribution in [3.05, 3.63) is 53.7 Å². The number of aromatic nitrogens is 3. The van der Waals surface area contributed by atoms with Crippen molar-refractivity contribution >= 4 is 33.7 Å². The number of thiazole rings is 1. The Hall–Kier alpha value is -3.23. The molecule has 164 valence electrons. The quantitative estimate of drug-likeness (QED) is 0.420. The number of anilines is 2. The molecule has 1 fully saturated rings. The molecule has 1 aliphatic rings. The van der Waals surface area contributed by atoms with Gasteiger partial charge in [0.15, 0.2) is 0 Å². The van der Waals surface area contributed by atoms with Crippen LogP contribution in [0.25, 0.3) is 21.3 Å². The molecular formula is C24H26N6OS. The molecule has 2 aromatic carbocycles. The minimum absolute atomic E-state index is 0.351. The molecule has 1 atom stereocenters. The van der Waals surface area contributed by atoms with Gasteiger partial charge in [-0.25, -0.2) is 15.0 Å². The average molecular weight is 447 g/mol. The number of hydrogen-bond acceptors (Lipinski definition) is 8. The van der Waals surface area contributed by atoms with Crippen LogP contribution in [0.4, 0.5) is 11.6 Å². The molecule has 8 heteroatoms. The van der Waals surface area contributed by atoms with Crippen LogP contribution in [0.15, 0.2) is 48.7 Å². The van der Waals surface area contributed by atoms with Gasteiger partial charge in [0.2, 0.25) is 11.8 Å². The van der Waals surface area contributed by atoms with Crippen molar-refractivity contribution in [1.29, 1.82) is 0 Å². The topological polar surface area (TPSA) is 89.2 Å². The van der Waals surface area contributed by atoms with Gasteiger partial charge in [0.1, 0.15) is 10.6 Å². The van der Waals surface area contributed by atoms with E-state index in [1.807, 2.05) is 49.4 Å². The molecule has 0 radical (unpaired) electrons. The van der Waals surface area contributed by atoms with Crippen LogP contribution in [-0.2, 0) is 0 Å². The highest BCUT2D eigenvalue weighted by atomic mass is 32.1. The van der Waals surface area contributed by atoms with Crippen molar-refractivity contribution in [1.82, 2.24) is 19.9 Å². The highest BCUT2D eigenvalue weighted by Crippen LogP contribution is 2.39. The predicted molar refractivity (Wildman–Crippen MR) is 130 cm³/mol. The van der Waals surface area contributed by atoms with Crippen molar-refractivity contribution in [3.63, 3.8) is 0 Å². The summed E-state index contributed by atoms with van der Waals surface area (Å²) in [5, 5.41) is 6.32. The number of nitrogen functional groups attached to an aromatic ring is 1. The van der Waals surface area contributed by atoms with E-state index >= 15 is 0 Å². The van der Waals surface area contributed by atoms with Crippen LogP contribution in [-0.4, -0.2) is 46.0 Å². The molecule has 5 rings (SSSR count). The van der Waals surface area contributed by atoms with Crippen molar-refractivity contribution < 1.29 is 4.74 Å². The molecule has 0 aliphatic carbocycles. The molecule has 0 saturated carbocycles. The van der Waals surface area contributed by atoms with Crippen LogP contribution in [0.2, 0.25) is 0 Å². The van der Waals surface area contributed by atoms with E-state index in [-0.39, 0.29) is 0 Å². The van der Waals surface area contributed by atoms with Gasteiger partial charge >= 0.3 is 0 Å². The lowest BCUT2D eigenvalue weighted by molar-refractivity contribution is 0.260. The van der Waals surface area contributed by atoms with Gasteiger partial charge in [-0.15, -0.1) is 11.3 Å². The summed E-state index contributed by atoms with van der Waals surface area (Å²) in [6.07, 6.45) is 4.08.